The summed E-state index contributed by atoms with van der Waals surface area (Å²) in [6.45, 7) is 4.29. The van der Waals surface area contributed by atoms with E-state index in [4.69, 9.17) is 19.9 Å². The third-order valence-electron chi connectivity index (χ3n) is 6.61. The van der Waals surface area contributed by atoms with Gasteiger partial charge < -0.3 is 29.8 Å². The highest BCUT2D eigenvalue weighted by molar-refractivity contribution is 5.92. The summed E-state index contributed by atoms with van der Waals surface area (Å²) in [5.74, 6) is 2.26. The zero-order valence-electron chi connectivity index (χ0n) is 21.5. The van der Waals surface area contributed by atoms with E-state index in [9.17, 15) is 4.79 Å². The Labute approximate surface area is 225 Å². The molecular formula is C30H27N5O4. The average Bonchev–Trinajstić information content (AvgIpc) is 3.47. The van der Waals surface area contributed by atoms with Crippen molar-refractivity contribution in [2.45, 2.75) is 33.2 Å². The van der Waals surface area contributed by atoms with Crippen molar-refractivity contribution >= 4 is 28.4 Å². The van der Waals surface area contributed by atoms with Gasteiger partial charge in [-0.05, 0) is 61.0 Å². The molecular weight excluding hydrogens is 494 g/mol. The first kappa shape index (κ1) is 24.4. The second kappa shape index (κ2) is 10.1. The third kappa shape index (κ3) is 4.75. The summed E-state index contributed by atoms with van der Waals surface area (Å²) >= 11 is 0. The van der Waals surface area contributed by atoms with Gasteiger partial charge in [0.05, 0.1) is 24.1 Å². The number of amides is 1. The van der Waals surface area contributed by atoms with Gasteiger partial charge in [0.25, 0.3) is 0 Å². The van der Waals surface area contributed by atoms with E-state index in [-0.39, 0.29) is 12.0 Å². The molecule has 0 spiro atoms. The molecule has 2 aromatic heterocycles. The fraction of sp³-hybridized carbons (Fsp3) is 0.167. The number of carbonyl (C=O) groups excluding carboxylic acids is 1. The van der Waals surface area contributed by atoms with Crippen molar-refractivity contribution in [1.82, 2.24) is 14.5 Å². The van der Waals surface area contributed by atoms with E-state index in [1.165, 1.54) is 13.3 Å². The Morgan fingerprint density at radius 1 is 1.08 bits per heavy atom. The maximum Gasteiger partial charge on any atom is 0.221 e. The first-order chi connectivity index (χ1) is 19.0. The predicted molar refractivity (Wildman–Crippen MR) is 148 cm³/mol. The zero-order chi connectivity index (χ0) is 26.9. The highest BCUT2D eigenvalue weighted by atomic mass is 16.5. The molecule has 0 fully saturated rings. The molecule has 196 valence electrons. The SMILES string of the molecule is CC(=O)Nc1ccccc1OCc1cccc(Oc2ccc(-n3c4c(c5ncnc(N)c53)C(C)OC4)cc2)c1. The quantitative estimate of drug-likeness (QED) is 0.273. The van der Waals surface area contributed by atoms with Crippen molar-refractivity contribution in [2.75, 3.05) is 11.1 Å². The van der Waals surface area contributed by atoms with Crippen LogP contribution in [0.3, 0.4) is 0 Å². The molecule has 3 N–H and O–H groups in total. The molecule has 0 aliphatic carbocycles. The van der Waals surface area contributed by atoms with Crippen molar-refractivity contribution in [3.63, 3.8) is 0 Å². The van der Waals surface area contributed by atoms with E-state index >= 15 is 0 Å². The van der Waals surface area contributed by atoms with Gasteiger partial charge in [-0.1, -0.05) is 24.3 Å². The van der Waals surface area contributed by atoms with Crippen LogP contribution < -0.4 is 20.5 Å². The number of nitrogen functional groups attached to an aromatic ring is 1. The summed E-state index contributed by atoms with van der Waals surface area (Å²) in [5.41, 5.74) is 12.5. The molecule has 0 radical (unpaired) electrons. The summed E-state index contributed by atoms with van der Waals surface area (Å²) in [6, 6.07) is 22.8. The van der Waals surface area contributed by atoms with Gasteiger partial charge in [0.2, 0.25) is 5.91 Å². The van der Waals surface area contributed by atoms with Crippen LogP contribution in [0.2, 0.25) is 0 Å². The van der Waals surface area contributed by atoms with Crippen LogP contribution in [-0.2, 0) is 22.7 Å². The fourth-order valence-corrected chi connectivity index (χ4v) is 4.89. The molecule has 9 heteroatoms. The molecule has 3 heterocycles. The van der Waals surface area contributed by atoms with E-state index < -0.39 is 0 Å². The van der Waals surface area contributed by atoms with Crippen molar-refractivity contribution in [2.24, 2.45) is 0 Å². The Kier molecular flexibility index (Phi) is 6.34. The van der Waals surface area contributed by atoms with E-state index in [1.807, 2.05) is 73.7 Å². The van der Waals surface area contributed by atoms with E-state index in [0.29, 0.717) is 42.0 Å². The number of fused-ring (bicyclic) bond motifs is 3. The molecule has 1 aliphatic rings. The van der Waals surface area contributed by atoms with Gasteiger partial charge in [-0.3, -0.25) is 4.79 Å². The van der Waals surface area contributed by atoms with Crippen LogP contribution in [0, 0.1) is 0 Å². The Morgan fingerprint density at radius 2 is 1.90 bits per heavy atom. The minimum Gasteiger partial charge on any atom is -0.487 e. The van der Waals surface area contributed by atoms with Crippen molar-refractivity contribution in [3.05, 3.63) is 95.9 Å². The number of nitrogens with zero attached hydrogens (tertiary/aromatic N) is 3. The number of para-hydroxylation sites is 2. The topological polar surface area (TPSA) is 114 Å². The molecule has 6 rings (SSSR count). The number of hydrogen-bond donors (Lipinski definition) is 2. The number of nitrogens with one attached hydrogen (secondary N) is 1. The van der Waals surface area contributed by atoms with Crippen LogP contribution in [0.5, 0.6) is 17.2 Å². The largest absolute Gasteiger partial charge is 0.487 e. The van der Waals surface area contributed by atoms with Gasteiger partial charge in [-0.2, -0.15) is 0 Å². The van der Waals surface area contributed by atoms with Crippen molar-refractivity contribution in [1.29, 1.82) is 0 Å². The van der Waals surface area contributed by atoms with Crippen LogP contribution >= 0.6 is 0 Å². The lowest BCUT2D eigenvalue weighted by atomic mass is 10.1. The highest BCUT2D eigenvalue weighted by Gasteiger charge is 2.30. The molecule has 9 nitrogen and oxygen atoms in total. The number of benzene rings is 3. The fourth-order valence-electron chi connectivity index (χ4n) is 4.89. The number of ether oxygens (including phenoxy) is 3. The summed E-state index contributed by atoms with van der Waals surface area (Å²) < 4.78 is 20.1. The summed E-state index contributed by atoms with van der Waals surface area (Å²) in [7, 11) is 0. The minimum atomic E-state index is -0.151. The number of aromatic nitrogens is 3. The van der Waals surface area contributed by atoms with Gasteiger partial charge in [0.1, 0.15) is 41.2 Å². The lowest BCUT2D eigenvalue weighted by Crippen LogP contribution is -2.07. The molecule has 39 heavy (non-hydrogen) atoms. The van der Waals surface area contributed by atoms with E-state index in [0.717, 1.165) is 33.5 Å². The molecule has 0 bridgehead atoms. The van der Waals surface area contributed by atoms with E-state index in [1.54, 1.807) is 6.07 Å². The number of anilines is 2. The predicted octanol–water partition coefficient (Wildman–Crippen LogP) is 5.92. The minimum absolute atomic E-state index is 0.0595. The Bertz CT molecular complexity index is 1680. The van der Waals surface area contributed by atoms with Crippen LogP contribution in [0.25, 0.3) is 16.7 Å². The number of carbonyl (C=O) groups is 1. The van der Waals surface area contributed by atoms with Crippen LogP contribution in [-0.4, -0.2) is 20.4 Å². The van der Waals surface area contributed by atoms with Crippen LogP contribution in [0.15, 0.2) is 79.1 Å². The van der Waals surface area contributed by atoms with Gasteiger partial charge in [0, 0.05) is 18.2 Å². The van der Waals surface area contributed by atoms with Crippen molar-refractivity contribution < 1.29 is 19.0 Å². The third-order valence-corrected chi connectivity index (χ3v) is 6.61. The average molecular weight is 522 g/mol. The second-order valence-electron chi connectivity index (χ2n) is 9.31. The summed E-state index contributed by atoms with van der Waals surface area (Å²) in [6.07, 6.45) is 1.43. The first-order valence-corrected chi connectivity index (χ1v) is 12.6. The molecule has 3 aromatic carbocycles. The van der Waals surface area contributed by atoms with Gasteiger partial charge in [-0.15, -0.1) is 0 Å². The lowest BCUT2D eigenvalue weighted by molar-refractivity contribution is -0.114. The molecule has 1 unspecified atom stereocenters. The van der Waals surface area contributed by atoms with E-state index in [2.05, 4.69) is 19.9 Å². The summed E-state index contributed by atoms with van der Waals surface area (Å²) in [4.78, 5) is 20.2. The Hall–Kier alpha value is -4.89. The molecule has 1 amide bonds. The second-order valence-corrected chi connectivity index (χ2v) is 9.31. The maximum absolute atomic E-state index is 11.5. The van der Waals surface area contributed by atoms with Crippen LogP contribution in [0.4, 0.5) is 11.5 Å². The van der Waals surface area contributed by atoms with Crippen molar-refractivity contribution in [3.8, 4) is 22.9 Å². The zero-order valence-corrected chi connectivity index (χ0v) is 21.5. The molecule has 0 saturated heterocycles. The Balaban J connectivity index is 1.20. The van der Waals surface area contributed by atoms with Crippen LogP contribution in [0.1, 0.15) is 36.8 Å². The molecule has 5 aromatic rings. The number of hydrogen-bond acceptors (Lipinski definition) is 7. The lowest BCUT2D eigenvalue weighted by Gasteiger charge is -2.13. The maximum atomic E-state index is 11.5. The highest BCUT2D eigenvalue weighted by Crippen LogP contribution is 2.41. The standard InChI is InChI=1S/C30H27N5O4/c1-18-27-25(16-37-18)35(29-28(27)32-17-33-30(29)31)21-10-12-22(13-11-21)39-23-7-5-6-20(14-23)15-38-26-9-4-3-8-24(26)34-19(2)36/h3-14,17-18H,15-16H2,1-2H3,(H,34,36)(H2,31,32,33). The monoisotopic (exact) mass is 521 g/mol. The van der Waals surface area contributed by atoms with Gasteiger partial charge >= 0.3 is 0 Å². The van der Waals surface area contributed by atoms with Gasteiger partial charge in [0.15, 0.2) is 5.82 Å². The molecule has 0 saturated carbocycles. The first-order valence-electron chi connectivity index (χ1n) is 12.6. The Morgan fingerprint density at radius 3 is 2.72 bits per heavy atom. The number of rotatable bonds is 7. The molecule has 1 aliphatic heterocycles. The summed E-state index contributed by atoms with van der Waals surface area (Å²) in [5, 5.41) is 2.79. The van der Waals surface area contributed by atoms with Gasteiger partial charge in [-0.25, -0.2) is 9.97 Å². The smallest absolute Gasteiger partial charge is 0.221 e. The molecule has 1 atom stereocenters. The normalized spacial score (nSPS) is 14.3. The number of nitrogens with two attached hydrogens (primary N) is 1.